The average molecular weight is 382 g/mol. The number of pyridine rings is 1. The predicted molar refractivity (Wildman–Crippen MR) is 95.7 cm³/mol. The molecular formula is C19H18Cl2FNO2. The van der Waals surface area contributed by atoms with Gasteiger partial charge < -0.3 is 5.11 Å². The number of carbonyl (C=O) groups excluding carboxylic acids is 1. The number of rotatable bonds is 4. The third-order valence-electron chi connectivity index (χ3n) is 4.64. The molecule has 0 radical (unpaired) electrons. The quantitative estimate of drug-likeness (QED) is 0.819. The highest BCUT2D eigenvalue weighted by atomic mass is 35.5. The van der Waals surface area contributed by atoms with E-state index in [1.807, 2.05) is 0 Å². The Morgan fingerprint density at radius 1 is 1.40 bits per heavy atom. The minimum absolute atomic E-state index is 0.0152. The standard InChI is InChI=1S/C19H18Cl2FNO2/c1-11-8-14-18(23-10-11)16(24)6-7-19(14,22)17(25)5-3-12-2-4-13(20)9-15(12)21/h2,4,8-10,16,24H,3,5-7H2,1H3/t16-,19-/m0/s1. The van der Waals surface area contributed by atoms with Crippen LogP contribution in [0.15, 0.2) is 30.5 Å². The number of aromatic nitrogens is 1. The summed E-state index contributed by atoms with van der Waals surface area (Å²) >= 11 is 12.0. The number of aliphatic hydroxyl groups excluding tert-OH is 1. The van der Waals surface area contributed by atoms with Crippen LogP contribution in [0.3, 0.4) is 0 Å². The second-order valence-electron chi connectivity index (χ2n) is 6.46. The Morgan fingerprint density at radius 3 is 2.88 bits per heavy atom. The van der Waals surface area contributed by atoms with Crippen molar-refractivity contribution < 1.29 is 14.3 Å². The molecule has 1 aromatic carbocycles. The van der Waals surface area contributed by atoms with Crippen molar-refractivity contribution in [1.82, 2.24) is 4.98 Å². The summed E-state index contributed by atoms with van der Waals surface area (Å²) < 4.78 is 15.6. The van der Waals surface area contributed by atoms with Crippen LogP contribution in [-0.2, 0) is 16.9 Å². The molecule has 2 aromatic rings. The predicted octanol–water partition coefficient (Wildman–Crippen LogP) is 4.89. The Bertz CT molecular complexity index is 827. The summed E-state index contributed by atoms with van der Waals surface area (Å²) in [4.78, 5) is 16.8. The molecule has 3 nitrogen and oxygen atoms in total. The van der Waals surface area contributed by atoms with Gasteiger partial charge in [-0.25, -0.2) is 4.39 Å². The monoisotopic (exact) mass is 381 g/mol. The van der Waals surface area contributed by atoms with Gasteiger partial charge in [0.05, 0.1) is 11.8 Å². The zero-order chi connectivity index (χ0) is 18.2. The molecule has 0 saturated carbocycles. The van der Waals surface area contributed by atoms with E-state index in [9.17, 15) is 9.90 Å². The molecule has 0 bridgehead atoms. The smallest absolute Gasteiger partial charge is 0.195 e. The van der Waals surface area contributed by atoms with Crippen molar-refractivity contribution in [3.8, 4) is 0 Å². The van der Waals surface area contributed by atoms with Crippen LogP contribution in [0.1, 0.15) is 47.8 Å². The van der Waals surface area contributed by atoms with Crippen molar-refractivity contribution in [3.63, 3.8) is 0 Å². The number of hydrogen-bond acceptors (Lipinski definition) is 3. The molecule has 3 rings (SSSR count). The van der Waals surface area contributed by atoms with Gasteiger partial charge in [-0.05, 0) is 55.5 Å². The molecular weight excluding hydrogens is 364 g/mol. The Hall–Kier alpha value is -1.49. The zero-order valence-corrected chi connectivity index (χ0v) is 15.2. The maximum absolute atomic E-state index is 15.6. The van der Waals surface area contributed by atoms with Crippen LogP contribution in [0.2, 0.25) is 10.0 Å². The second kappa shape index (κ2) is 7.02. The van der Waals surface area contributed by atoms with Gasteiger partial charge in [0.25, 0.3) is 0 Å². The highest BCUT2D eigenvalue weighted by molar-refractivity contribution is 6.35. The fraction of sp³-hybridized carbons (Fsp3) is 0.368. The van der Waals surface area contributed by atoms with Gasteiger partial charge in [0.15, 0.2) is 11.5 Å². The third-order valence-corrected chi connectivity index (χ3v) is 5.23. The Morgan fingerprint density at radius 2 is 2.16 bits per heavy atom. The number of carbonyl (C=O) groups is 1. The van der Waals surface area contributed by atoms with Gasteiger partial charge in [0, 0.05) is 28.2 Å². The van der Waals surface area contributed by atoms with Gasteiger partial charge in [0.1, 0.15) is 0 Å². The molecule has 25 heavy (non-hydrogen) atoms. The van der Waals surface area contributed by atoms with Gasteiger partial charge in [-0.2, -0.15) is 0 Å². The molecule has 0 saturated heterocycles. The molecule has 0 fully saturated rings. The number of Topliss-reactive ketones (excluding diaryl/α,β-unsaturated/α-hetero) is 1. The molecule has 1 aliphatic carbocycles. The van der Waals surface area contributed by atoms with Gasteiger partial charge in [-0.3, -0.25) is 9.78 Å². The lowest BCUT2D eigenvalue weighted by Gasteiger charge is -2.33. The molecule has 2 atom stereocenters. The van der Waals surface area contributed by atoms with E-state index in [1.54, 1.807) is 37.4 Å². The lowest BCUT2D eigenvalue weighted by atomic mass is 9.77. The summed E-state index contributed by atoms with van der Waals surface area (Å²) in [5.74, 6) is -0.515. The lowest BCUT2D eigenvalue weighted by molar-refractivity contribution is -0.133. The van der Waals surface area contributed by atoms with Crippen LogP contribution in [0.4, 0.5) is 4.39 Å². The van der Waals surface area contributed by atoms with E-state index < -0.39 is 17.6 Å². The number of aryl methyl sites for hydroxylation is 2. The first-order valence-corrected chi connectivity index (χ1v) is 8.88. The largest absolute Gasteiger partial charge is 0.387 e. The molecule has 0 spiro atoms. The number of nitrogens with zero attached hydrogens (tertiary/aromatic N) is 1. The van der Waals surface area contributed by atoms with Crippen molar-refractivity contribution in [2.45, 2.75) is 44.4 Å². The number of hydrogen-bond donors (Lipinski definition) is 1. The summed E-state index contributed by atoms with van der Waals surface area (Å²) in [6.07, 6.45) is 1.22. The SMILES string of the molecule is Cc1cnc2c(c1)[C@](F)(C(=O)CCc1ccc(Cl)cc1Cl)CC[C@@H]2O. The molecule has 0 unspecified atom stereocenters. The van der Waals surface area contributed by atoms with Crippen molar-refractivity contribution in [1.29, 1.82) is 0 Å². The van der Waals surface area contributed by atoms with E-state index in [0.717, 1.165) is 11.1 Å². The number of halogens is 3. The molecule has 0 aliphatic heterocycles. The highest BCUT2D eigenvalue weighted by Gasteiger charge is 2.46. The van der Waals surface area contributed by atoms with E-state index in [2.05, 4.69) is 4.98 Å². The van der Waals surface area contributed by atoms with Gasteiger partial charge in [0.2, 0.25) is 0 Å². The molecule has 1 aromatic heterocycles. The second-order valence-corrected chi connectivity index (χ2v) is 7.30. The Kier molecular flexibility index (Phi) is 5.14. The summed E-state index contributed by atoms with van der Waals surface area (Å²) in [5, 5.41) is 11.0. The van der Waals surface area contributed by atoms with Crippen molar-refractivity contribution in [2.75, 3.05) is 0 Å². The van der Waals surface area contributed by atoms with Crippen LogP contribution in [0.25, 0.3) is 0 Å². The first-order valence-electron chi connectivity index (χ1n) is 8.12. The average Bonchev–Trinajstić information content (AvgIpc) is 2.57. The maximum Gasteiger partial charge on any atom is 0.195 e. The molecule has 132 valence electrons. The van der Waals surface area contributed by atoms with Crippen LogP contribution in [-0.4, -0.2) is 15.9 Å². The van der Waals surface area contributed by atoms with E-state index in [-0.39, 0.29) is 30.5 Å². The molecule has 0 amide bonds. The summed E-state index contributed by atoms with van der Waals surface area (Å²) in [6, 6.07) is 6.65. The van der Waals surface area contributed by atoms with Crippen LogP contribution in [0, 0.1) is 6.92 Å². The lowest BCUT2D eigenvalue weighted by Crippen LogP contribution is -2.37. The van der Waals surface area contributed by atoms with E-state index >= 15 is 4.39 Å². The van der Waals surface area contributed by atoms with Crippen LogP contribution in [0.5, 0.6) is 0 Å². The van der Waals surface area contributed by atoms with Crippen LogP contribution < -0.4 is 0 Å². The zero-order valence-electron chi connectivity index (χ0n) is 13.7. The number of fused-ring (bicyclic) bond motifs is 1. The van der Waals surface area contributed by atoms with Crippen molar-refractivity contribution >= 4 is 29.0 Å². The molecule has 6 heteroatoms. The topological polar surface area (TPSA) is 50.2 Å². The van der Waals surface area contributed by atoms with E-state index in [4.69, 9.17) is 23.2 Å². The summed E-state index contributed by atoms with van der Waals surface area (Å²) in [7, 11) is 0. The summed E-state index contributed by atoms with van der Waals surface area (Å²) in [5.41, 5.74) is -0.160. The minimum atomic E-state index is -2.12. The molecule has 1 aliphatic rings. The number of ketones is 1. The number of alkyl halides is 1. The third kappa shape index (κ3) is 3.57. The molecule has 1 N–H and O–H groups in total. The van der Waals surface area contributed by atoms with Crippen molar-refractivity contribution in [2.24, 2.45) is 0 Å². The number of benzene rings is 1. The highest BCUT2D eigenvalue weighted by Crippen LogP contribution is 2.44. The summed E-state index contributed by atoms with van der Waals surface area (Å²) in [6.45, 7) is 1.78. The molecule has 1 heterocycles. The van der Waals surface area contributed by atoms with Crippen molar-refractivity contribution in [3.05, 3.63) is 62.9 Å². The van der Waals surface area contributed by atoms with E-state index in [1.165, 1.54) is 0 Å². The van der Waals surface area contributed by atoms with Gasteiger partial charge in [-0.1, -0.05) is 29.3 Å². The van der Waals surface area contributed by atoms with Crippen LogP contribution >= 0.6 is 23.2 Å². The first-order chi connectivity index (χ1) is 11.8. The Balaban J connectivity index is 1.84. The first kappa shape index (κ1) is 18.3. The van der Waals surface area contributed by atoms with E-state index in [0.29, 0.717) is 16.5 Å². The Labute approximate surface area is 155 Å². The number of aliphatic hydroxyl groups is 1. The maximum atomic E-state index is 15.6. The normalized spacial score (nSPS) is 22.5. The fourth-order valence-corrected chi connectivity index (χ4v) is 3.73. The minimum Gasteiger partial charge on any atom is -0.387 e. The van der Waals surface area contributed by atoms with Gasteiger partial charge in [-0.15, -0.1) is 0 Å². The fourth-order valence-electron chi connectivity index (χ4n) is 3.23. The van der Waals surface area contributed by atoms with Gasteiger partial charge >= 0.3 is 0 Å².